The molecule has 4 heteroatoms. The maximum atomic E-state index is 11.7. The average molecular weight is 207 g/mol. The van der Waals surface area contributed by atoms with Gasteiger partial charge in [0.25, 0.3) is 0 Å². The number of Topliss-reactive ketones (excluding diaryl/α,β-unsaturated/α-hetero) is 1. The standard InChI is InChI=1S/C11H17N3O/c1-8(2)14-6-3-9(13-14)7-10(15)11(12)4-5-11/h3,6,8H,4-5,7,12H2,1-2H3. The maximum Gasteiger partial charge on any atom is 0.158 e. The molecule has 0 atom stereocenters. The number of ketones is 1. The van der Waals surface area contributed by atoms with Gasteiger partial charge in [-0.15, -0.1) is 0 Å². The van der Waals surface area contributed by atoms with Crippen LogP contribution < -0.4 is 5.73 Å². The molecule has 2 rings (SSSR count). The molecule has 0 aliphatic heterocycles. The Labute approximate surface area is 89.5 Å². The molecule has 0 amide bonds. The third kappa shape index (κ3) is 2.09. The molecule has 2 N–H and O–H groups in total. The Morgan fingerprint density at radius 1 is 1.67 bits per heavy atom. The predicted octanol–water partition coefficient (Wildman–Crippen LogP) is 1.07. The van der Waals surface area contributed by atoms with Crippen LogP contribution in [0.2, 0.25) is 0 Å². The fourth-order valence-corrected chi connectivity index (χ4v) is 1.51. The molecule has 1 aliphatic rings. The first-order chi connectivity index (χ1) is 7.01. The van der Waals surface area contributed by atoms with Gasteiger partial charge in [-0.2, -0.15) is 5.10 Å². The van der Waals surface area contributed by atoms with Gasteiger partial charge in [0.2, 0.25) is 0 Å². The average Bonchev–Trinajstić information content (AvgIpc) is 2.76. The molecule has 0 aromatic carbocycles. The van der Waals surface area contributed by atoms with E-state index < -0.39 is 5.54 Å². The van der Waals surface area contributed by atoms with Gasteiger partial charge in [-0.1, -0.05) is 0 Å². The van der Waals surface area contributed by atoms with E-state index in [0.29, 0.717) is 12.5 Å². The highest BCUT2D eigenvalue weighted by molar-refractivity contribution is 5.92. The summed E-state index contributed by atoms with van der Waals surface area (Å²) in [5, 5.41) is 4.33. The smallest absolute Gasteiger partial charge is 0.158 e. The van der Waals surface area contributed by atoms with Crippen molar-refractivity contribution in [2.45, 2.75) is 44.7 Å². The normalized spacial score (nSPS) is 18.1. The fraction of sp³-hybridized carbons (Fsp3) is 0.636. The quantitative estimate of drug-likeness (QED) is 0.803. The molecule has 0 unspecified atom stereocenters. The van der Waals surface area contributed by atoms with E-state index >= 15 is 0 Å². The first-order valence-electron chi connectivity index (χ1n) is 5.37. The summed E-state index contributed by atoms with van der Waals surface area (Å²) in [5.74, 6) is 0.122. The van der Waals surface area contributed by atoms with Gasteiger partial charge in [-0.05, 0) is 32.8 Å². The Morgan fingerprint density at radius 3 is 2.80 bits per heavy atom. The number of carbonyl (C=O) groups is 1. The number of aromatic nitrogens is 2. The van der Waals surface area contributed by atoms with E-state index in [4.69, 9.17) is 5.73 Å². The summed E-state index contributed by atoms with van der Waals surface area (Å²) >= 11 is 0. The topological polar surface area (TPSA) is 60.9 Å². The first-order valence-corrected chi connectivity index (χ1v) is 5.37. The molecule has 0 spiro atoms. The lowest BCUT2D eigenvalue weighted by molar-refractivity contribution is -0.120. The van der Waals surface area contributed by atoms with Crippen LogP contribution >= 0.6 is 0 Å². The molecular weight excluding hydrogens is 190 g/mol. The second kappa shape index (κ2) is 3.45. The van der Waals surface area contributed by atoms with Crippen LogP contribution in [-0.4, -0.2) is 21.1 Å². The zero-order valence-corrected chi connectivity index (χ0v) is 9.23. The van der Waals surface area contributed by atoms with E-state index in [1.54, 1.807) is 0 Å². The lowest BCUT2D eigenvalue weighted by atomic mass is 10.1. The van der Waals surface area contributed by atoms with Crippen molar-refractivity contribution in [2.75, 3.05) is 0 Å². The van der Waals surface area contributed by atoms with Crippen LogP contribution in [0.15, 0.2) is 12.3 Å². The van der Waals surface area contributed by atoms with Crippen molar-refractivity contribution in [3.05, 3.63) is 18.0 Å². The van der Waals surface area contributed by atoms with Crippen LogP contribution in [-0.2, 0) is 11.2 Å². The minimum Gasteiger partial charge on any atom is -0.319 e. The van der Waals surface area contributed by atoms with Crippen molar-refractivity contribution in [3.63, 3.8) is 0 Å². The molecule has 1 heterocycles. The second-order valence-corrected chi connectivity index (χ2v) is 4.64. The van der Waals surface area contributed by atoms with Gasteiger partial charge in [-0.25, -0.2) is 0 Å². The van der Waals surface area contributed by atoms with Crippen molar-refractivity contribution >= 4 is 5.78 Å². The van der Waals surface area contributed by atoms with E-state index in [-0.39, 0.29) is 5.78 Å². The number of carbonyl (C=O) groups excluding carboxylic acids is 1. The summed E-state index contributed by atoms with van der Waals surface area (Å²) in [6.45, 7) is 4.12. The molecular formula is C11H17N3O. The summed E-state index contributed by atoms with van der Waals surface area (Å²) in [7, 11) is 0. The van der Waals surface area contributed by atoms with Crippen molar-refractivity contribution in [2.24, 2.45) is 5.73 Å². The highest BCUT2D eigenvalue weighted by atomic mass is 16.1. The van der Waals surface area contributed by atoms with E-state index in [1.165, 1.54) is 0 Å². The molecule has 1 aromatic heterocycles. The van der Waals surface area contributed by atoms with E-state index in [9.17, 15) is 4.79 Å². The van der Waals surface area contributed by atoms with E-state index in [1.807, 2.05) is 16.9 Å². The molecule has 82 valence electrons. The van der Waals surface area contributed by atoms with E-state index in [2.05, 4.69) is 18.9 Å². The van der Waals surface area contributed by atoms with Crippen molar-refractivity contribution in [1.29, 1.82) is 0 Å². The van der Waals surface area contributed by atoms with Gasteiger partial charge in [0.05, 0.1) is 17.7 Å². The number of rotatable bonds is 4. The number of nitrogens with zero attached hydrogens (tertiary/aromatic N) is 2. The highest BCUT2D eigenvalue weighted by Gasteiger charge is 2.45. The van der Waals surface area contributed by atoms with Crippen LogP contribution in [0, 0.1) is 0 Å². The van der Waals surface area contributed by atoms with Crippen molar-refractivity contribution in [3.8, 4) is 0 Å². The Kier molecular flexibility index (Phi) is 2.38. The molecule has 1 fully saturated rings. The monoisotopic (exact) mass is 207 g/mol. The predicted molar refractivity (Wildman–Crippen MR) is 57.5 cm³/mol. The Bertz CT molecular complexity index is 377. The summed E-state index contributed by atoms with van der Waals surface area (Å²) < 4.78 is 1.86. The lowest BCUT2D eigenvalue weighted by Crippen LogP contribution is -2.34. The third-order valence-corrected chi connectivity index (χ3v) is 2.88. The molecule has 1 saturated carbocycles. The van der Waals surface area contributed by atoms with Crippen LogP contribution in [0.3, 0.4) is 0 Å². The lowest BCUT2D eigenvalue weighted by Gasteiger charge is -2.06. The second-order valence-electron chi connectivity index (χ2n) is 4.64. The van der Waals surface area contributed by atoms with Gasteiger partial charge in [-0.3, -0.25) is 9.48 Å². The number of hydrogen-bond donors (Lipinski definition) is 1. The largest absolute Gasteiger partial charge is 0.319 e. The third-order valence-electron chi connectivity index (χ3n) is 2.88. The highest BCUT2D eigenvalue weighted by Crippen LogP contribution is 2.33. The molecule has 4 nitrogen and oxygen atoms in total. The minimum atomic E-state index is -0.526. The molecule has 1 aliphatic carbocycles. The number of nitrogens with two attached hydrogens (primary N) is 1. The Balaban J connectivity index is 2.01. The Morgan fingerprint density at radius 2 is 2.33 bits per heavy atom. The van der Waals surface area contributed by atoms with Gasteiger partial charge in [0.1, 0.15) is 0 Å². The van der Waals surface area contributed by atoms with Crippen LogP contribution in [0.5, 0.6) is 0 Å². The Hall–Kier alpha value is -1.16. The SMILES string of the molecule is CC(C)n1ccc(CC(=O)C2(N)CC2)n1. The van der Waals surface area contributed by atoms with Crippen molar-refractivity contribution in [1.82, 2.24) is 9.78 Å². The maximum absolute atomic E-state index is 11.7. The van der Waals surface area contributed by atoms with Gasteiger partial charge < -0.3 is 5.73 Å². The van der Waals surface area contributed by atoms with Gasteiger partial charge >= 0.3 is 0 Å². The van der Waals surface area contributed by atoms with Gasteiger partial charge in [0, 0.05) is 12.2 Å². The van der Waals surface area contributed by atoms with Crippen LogP contribution in [0.25, 0.3) is 0 Å². The molecule has 0 bridgehead atoms. The number of hydrogen-bond acceptors (Lipinski definition) is 3. The fourth-order valence-electron chi connectivity index (χ4n) is 1.51. The molecule has 0 saturated heterocycles. The van der Waals surface area contributed by atoms with Crippen molar-refractivity contribution < 1.29 is 4.79 Å². The van der Waals surface area contributed by atoms with Gasteiger partial charge in [0.15, 0.2) is 5.78 Å². The van der Waals surface area contributed by atoms with Crippen LogP contribution in [0.1, 0.15) is 38.4 Å². The molecule has 15 heavy (non-hydrogen) atoms. The molecule has 1 aromatic rings. The molecule has 0 radical (unpaired) electrons. The first kappa shape index (κ1) is 10.4. The summed E-state index contributed by atoms with van der Waals surface area (Å²) in [6, 6.07) is 2.23. The summed E-state index contributed by atoms with van der Waals surface area (Å²) in [5.41, 5.74) is 6.12. The zero-order valence-electron chi connectivity index (χ0n) is 9.23. The zero-order chi connectivity index (χ0) is 11.1. The summed E-state index contributed by atoms with van der Waals surface area (Å²) in [6.07, 6.45) is 3.94. The summed E-state index contributed by atoms with van der Waals surface area (Å²) in [4.78, 5) is 11.7. The van der Waals surface area contributed by atoms with Crippen LogP contribution in [0.4, 0.5) is 0 Å². The minimum absolute atomic E-state index is 0.122. The van der Waals surface area contributed by atoms with E-state index in [0.717, 1.165) is 18.5 Å².